The number of halogens is 1. The van der Waals surface area contributed by atoms with Gasteiger partial charge in [-0.05, 0) is 36.1 Å². The molecule has 84 valence electrons. The van der Waals surface area contributed by atoms with Crippen molar-refractivity contribution >= 4 is 11.6 Å². The molecule has 0 aromatic heterocycles. The Bertz CT molecular complexity index is 440. The fourth-order valence-electron chi connectivity index (χ4n) is 2.59. The van der Waals surface area contributed by atoms with Crippen LogP contribution in [0.1, 0.15) is 37.2 Å². The minimum absolute atomic E-state index is 0.0347. The lowest BCUT2D eigenvalue weighted by atomic mass is 9.77. The molecule has 3 rings (SSSR count). The minimum Gasteiger partial charge on any atom is -0.325 e. The second-order valence-electron chi connectivity index (χ2n) is 4.81. The fourth-order valence-corrected chi connectivity index (χ4v) is 2.59. The van der Waals surface area contributed by atoms with Gasteiger partial charge >= 0.3 is 0 Å². The van der Waals surface area contributed by atoms with Crippen molar-refractivity contribution in [3.63, 3.8) is 0 Å². The molecule has 1 aromatic carbocycles. The number of benzene rings is 1. The van der Waals surface area contributed by atoms with Crippen LogP contribution < -0.4 is 5.32 Å². The number of hydrogen-bond acceptors (Lipinski definition) is 1. The van der Waals surface area contributed by atoms with Crippen molar-refractivity contribution in [2.45, 2.75) is 31.6 Å². The Morgan fingerprint density at radius 1 is 1.38 bits per heavy atom. The molecule has 2 aliphatic rings. The molecule has 1 aliphatic carbocycles. The molecule has 0 radical (unpaired) electrons. The maximum absolute atomic E-state index is 13.2. The molecule has 1 saturated carbocycles. The molecular formula is C13H14FNO. The van der Waals surface area contributed by atoms with E-state index < -0.39 is 0 Å². The van der Waals surface area contributed by atoms with E-state index in [-0.39, 0.29) is 17.6 Å². The highest BCUT2D eigenvalue weighted by Crippen LogP contribution is 2.41. The van der Waals surface area contributed by atoms with Gasteiger partial charge in [0.15, 0.2) is 0 Å². The predicted molar refractivity (Wildman–Crippen MR) is 59.7 cm³/mol. The van der Waals surface area contributed by atoms with Gasteiger partial charge in [-0.25, -0.2) is 4.39 Å². The van der Waals surface area contributed by atoms with Gasteiger partial charge < -0.3 is 5.32 Å². The number of carbonyl (C=O) groups is 1. The number of rotatable bonds is 2. The third-order valence-electron chi connectivity index (χ3n) is 3.76. The normalized spacial score (nSPS) is 23.8. The van der Waals surface area contributed by atoms with Crippen LogP contribution in [0.3, 0.4) is 0 Å². The largest absolute Gasteiger partial charge is 0.325 e. The third-order valence-corrected chi connectivity index (χ3v) is 3.76. The molecule has 1 heterocycles. The average Bonchev–Trinajstić information content (AvgIpc) is 2.48. The standard InChI is InChI=1S/C13H14FNO/c14-9-4-5-12-10(7-9)11(13(16)15-12)6-8-2-1-3-8/h4-5,7-8,11H,1-3,6H2,(H,15,16). The summed E-state index contributed by atoms with van der Waals surface area (Å²) in [5, 5.41) is 2.82. The maximum Gasteiger partial charge on any atom is 0.232 e. The number of amides is 1. The van der Waals surface area contributed by atoms with Gasteiger partial charge in [-0.3, -0.25) is 4.79 Å². The summed E-state index contributed by atoms with van der Waals surface area (Å²) in [6.45, 7) is 0. The van der Waals surface area contributed by atoms with Gasteiger partial charge in [0.05, 0.1) is 5.92 Å². The molecule has 1 atom stereocenters. The lowest BCUT2D eigenvalue weighted by molar-refractivity contribution is -0.117. The van der Waals surface area contributed by atoms with Crippen molar-refractivity contribution in [2.75, 3.05) is 5.32 Å². The molecule has 2 nitrogen and oxygen atoms in total. The smallest absolute Gasteiger partial charge is 0.232 e. The van der Waals surface area contributed by atoms with Crippen LogP contribution in [0.25, 0.3) is 0 Å². The Kier molecular flexibility index (Phi) is 2.20. The van der Waals surface area contributed by atoms with Crippen LogP contribution in [0, 0.1) is 11.7 Å². The Morgan fingerprint density at radius 3 is 2.88 bits per heavy atom. The van der Waals surface area contributed by atoms with Gasteiger partial charge in [0, 0.05) is 5.69 Å². The first-order chi connectivity index (χ1) is 7.74. The Labute approximate surface area is 93.9 Å². The van der Waals surface area contributed by atoms with Crippen molar-refractivity contribution in [1.29, 1.82) is 0 Å². The molecule has 1 N–H and O–H groups in total. The second kappa shape index (κ2) is 3.58. The summed E-state index contributed by atoms with van der Waals surface area (Å²) in [5.41, 5.74) is 1.63. The van der Waals surface area contributed by atoms with Gasteiger partial charge in [-0.15, -0.1) is 0 Å². The van der Waals surface area contributed by atoms with Crippen molar-refractivity contribution in [3.8, 4) is 0 Å². The lowest BCUT2D eigenvalue weighted by Gasteiger charge is -2.27. The molecule has 1 aliphatic heterocycles. The van der Waals surface area contributed by atoms with E-state index in [2.05, 4.69) is 5.32 Å². The van der Waals surface area contributed by atoms with Crippen LogP contribution in [0.5, 0.6) is 0 Å². The Morgan fingerprint density at radius 2 is 2.19 bits per heavy atom. The number of fused-ring (bicyclic) bond motifs is 1. The summed E-state index contributed by atoms with van der Waals surface area (Å²) in [4.78, 5) is 11.8. The summed E-state index contributed by atoms with van der Waals surface area (Å²) in [6.07, 6.45) is 4.58. The third kappa shape index (κ3) is 1.51. The van der Waals surface area contributed by atoms with Crippen LogP contribution in [-0.4, -0.2) is 5.91 Å². The van der Waals surface area contributed by atoms with Crippen LogP contribution in [0.15, 0.2) is 18.2 Å². The summed E-state index contributed by atoms with van der Waals surface area (Å²) < 4.78 is 13.2. The van der Waals surface area contributed by atoms with E-state index >= 15 is 0 Å². The molecule has 0 saturated heterocycles. The summed E-state index contributed by atoms with van der Waals surface area (Å²) in [5.74, 6) is 0.308. The predicted octanol–water partition coefficient (Wildman–Crippen LogP) is 3.05. The number of carbonyl (C=O) groups excluding carboxylic acids is 1. The molecule has 1 fully saturated rings. The number of nitrogens with one attached hydrogen (secondary N) is 1. The van der Waals surface area contributed by atoms with Crippen LogP contribution in [0.2, 0.25) is 0 Å². The van der Waals surface area contributed by atoms with E-state index in [0.717, 1.165) is 17.7 Å². The first-order valence-corrected chi connectivity index (χ1v) is 5.84. The van der Waals surface area contributed by atoms with E-state index in [1.165, 1.54) is 31.4 Å². The topological polar surface area (TPSA) is 29.1 Å². The zero-order chi connectivity index (χ0) is 11.1. The van der Waals surface area contributed by atoms with E-state index in [4.69, 9.17) is 0 Å². The van der Waals surface area contributed by atoms with Gasteiger partial charge in [0.1, 0.15) is 5.82 Å². The second-order valence-corrected chi connectivity index (χ2v) is 4.81. The molecular weight excluding hydrogens is 205 g/mol. The monoisotopic (exact) mass is 219 g/mol. The Balaban J connectivity index is 1.88. The first-order valence-electron chi connectivity index (χ1n) is 5.84. The van der Waals surface area contributed by atoms with Crippen LogP contribution >= 0.6 is 0 Å². The molecule has 0 spiro atoms. The van der Waals surface area contributed by atoms with E-state index in [9.17, 15) is 9.18 Å². The molecule has 1 unspecified atom stereocenters. The SMILES string of the molecule is O=C1Nc2ccc(F)cc2C1CC1CCC1. The average molecular weight is 219 g/mol. The zero-order valence-electron chi connectivity index (χ0n) is 9.00. The molecule has 1 aromatic rings. The molecule has 1 amide bonds. The lowest BCUT2D eigenvalue weighted by Crippen LogP contribution is -2.19. The minimum atomic E-state index is -0.256. The van der Waals surface area contributed by atoms with E-state index in [1.807, 2.05) is 0 Å². The van der Waals surface area contributed by atoms with Gasteiger partial charge in [0.25, 0.3) is 0 Å². The van der Waals surface area contributed by atoms with Crippen molar-refractivity contribution in [3.05, 3.63) is 29.6 Å². The van der Waals surface area contributed by atoms with Gasteiger partial charge in [0.2, 0.25) is 5.91 Å². The van der Waals surface area contributed by atoms with Crippen molar-refractivity contribution < 1.29 is 9.18 Å². The van der Waals surface area contributed by atoms with E-state index in [1.54, 1.807) is 6.07 Å². The maximum atomic E-state index is 13.2. The molecule has 3 heteroatoms. The summed E-state index contributed by atoms with van der Waals surface area (Å²) in [6, 6.07) is 4.55. The van der Waals surface area contributed by atoms with Crippen LogP contribution in [0.4, 0.5) is 10.1 Å². The van der Waals surface area contributed by atoms with Crippen LogP contribution in [-0.2, 0) is 4.79 Å². The fraction of sp³-hybridized carbons (Fsp3) is 0.462. The molecule has 0 bridgehead atoms. The summed E-state index contributed by atoms with van der Waals surface area (Å²) >= 11 is 0. The quantitative estimate of drug-likeness (QED) is 0.813. The van der Waals surface area contributed by atoms with E-state index in [0.29, 0.717) is 5.92 Å². The molecule has 16 heavy (non-hydrogen) atoms. The first kappa shape index (κ1) is 9.82. The van der Waals surface area contributed by atoms with Gasteiger partial charge in [-0.1, -0.05) is 19.3 Å². The number of anilines is 1. The zero-order valence-corrected chi connectivity index (χ0v) is 9.00. The van der Waals surface area contributed by atoms with Gasteiger partial charge in [-0.2, -0.15) is 0 Å². The summed E-state index contributed by atoms with van der Waals surface area (Å²) in [7, 11) is 0. The van der Waals surface area contributed by atoms with Crippen molar-refractivity contribution in [2.24, 2.45) is 5.92 Å². The highest BCUT2D eigenvalue weighted by molar-refractivity contribution is 6.02. The highest BCUT2D eigenvalue weighted by Gasteiger charge is 2.34. The highest BCUT2D eigenvalue weighted by atomic mass is 19.1. The van der Waals surface area contributed by atoms with Crippen molar-refractivity contribution in [1.82, 2.24) is 0 Å². The Hall–Kier alpha value is -1.38. The number of hydrogen-bond donors (Lipinski definition) is 1.